The van der Waals surface area contributed by atoms with Crippen LogP contribution in [0.2, 0.25) is 0 Å². The molecule has 6 heteroatoms. The Morgan fingerprint density at radius 2 is 1.43 bits per heavy atom. The Morgan fingerprint density at radius 3 is 1.96 bits per heavy atom. The Balaban J connectivity index is 2.38. The molecule has 6 nitrogen and oxygen atoms in total. The summed E-state index contributed by atoms with van der Waals surface area (Å²) in [7, 11) is 1.48. The highest BCUT2D eigenvalue weighted by atomic mass is 16.5. The van der Waals surface area contributed by atoms with Crippen molar-refractivity contribution < 1.29 is 29.5 Å². The predicted molar refractivity (Wildman–Crippen MR) is 85.3 cm³/mol. The van der Waals surface area contributed by atoms with E-state index >= 15 is 0 Å². The number of methoxy groups -OCH3 is 1. The molecule has 0 unspecified atom stereocenters. The van der Waals surface area contributed by atoms with Crippen molar-refractivity contribution in [3.63, 3.8) is 0 Å². The van der Waals surface area contributed by atoms with Gasteiger partial charge in [0.1, 0.15) is 24.7 Å². The SMILES string of the molecule is COc1cc(-c2cc(OCCO)cc(OCCO)c2)ccc1O. The van der Waals surface area contributed by atoms with E-state index in [1.54, 1.807) is 36.4 Å². The van der Waals surface area contributed by atoms with E-state index in [9.17, 15) is 5.11 Å². The second kappa shape index (κ2) is 8.26. The van der Waals surface area contributed by atoms with E-state index in [-0.39, 0.29) is 32.2 Å². The van der Waals surface area contributed by atoms with Crippen LogP contribution in [0.1, 0.15) is 0 Å². The zero-order valence-electron chi connectivity index (χ0n) is 12.9. The molecule has 0 heterocycles. The molecule has 0 aromatic heterocycles. The molecule has 0 aliphatic carbocycles. The first-order valence-corrected chi connectivity index (χ1v) is 7.17. The molecule has 0 saturated heterocycles. The number of benzene rings is 2. The molecular formula is C17H20O6. The number of aliphatic hydroxyl groups is 2. The number of hydrogen-bond donors (Lipinski definition) is 3. The number of phenols is 1. The first kappa shape index (κ1) is 16.9. The van der Waals surface area contributed by atoms with Crippen LogP contribution in [0.15, 0.2) is 36.4 Å². The highest BCUT2D eigenvalue weighted by molar-refractivity contribution is 5.70. The van der Waals surface area contributed by atoms with Gasteiger partial charge in [-0.25, -0.2) is 0 Å². The highest BCUT2D eigenvalue weighted by Crippen LogP contribution is 2.35. The van der Waals surface area contributed by atoms with Crippen LogP contribution < -0.4 is 14.2 Å². The maximum Gasteiger partial charge on any atom is 0.161 e. The number of phenolic OH excluding ortho intramolecular Hbond substituents is 1. The quantitative estimate of drug-likeness (QED) is 0.687. The van der Waals surface area contributed by atoms with Crippen molar-refractivity contribution in [2.24, 2.45) is 0 Å². The Morgan fingerprint density at radius 1 is 0.826 bits per heavy atom. The molecule has 0 spiro atoms. The van der Waals surface area contributed by atoms with Gasteiger partial charge in [0.05, 0.1) is 20.3 Å². The molecule has 0 saturated carbocycles. The minimum absolute atomic E-state index is 0.0562. The number of aliphatic hydroxyl groups excluding tert-OH is 2. The summed E-state index contributed by atoms with van der Waals surface area (Å²) < 4.78 is 16.0. The Kier molecular flexibility index (Phi) is 6.08. The molecule has 0 aliphatic rings. The zero-order valence-corrected chi connectivity index (χ0v) is 12.9. The molecule has 0 radical (unpaired) electrons. The van der Waals surface area contributed by atoms with Crippen LogP contribution in [0, 0.1) is 0 Å². The van der Waals surface area contributed by atoms with Crippen LogP contribution >= 0.6 is 0 Å². The van der Waals surface area contributed by atoms with Crippen LogP contribution in [0.3, 0.4) is 0 Å². The summed E-state index contributed by atoms with van der Waals surface area (Å²) in [6.07, 6.45) is 0. The van der Waals surface area contributed by atoms with E-state index in [0.717, 1.165) is 11.1 Å². The van der Waals surface area contributed by atoms with Crippen molar-refractivity contribution in [3.05, 3.63) is 36.4 Å². The van der Waals surface area contributed by atoms with E-state index in [1.807, 2.05) is 0 Å². The van der Waals surface area contributed by atoms with E-state index in [1.165, 1.54) is 7.11 Å². The molecule has 0 fully saturated rings. The number of hydrogen-bond acceptors (Lipinski definition) is 6. The van der Waals surface area contributed by atoms with Crippen LogP contribution in [0.5, 0.6) is 23.0 Å². The summed E-state index contributed by atoms with van der Waals surface area (Å²) in [5.41, 5.74) is 1.61. The van der Waals surface area contributed by atoms with Gasteiger partial charge < -0.3 is 29.5 Å². The minimum atomic E-state index is -0.0932. The summed E-state index contributed by atoms with van der Waals surface area (Å²) >= 11 is 0. The fraction of sp³-hybridized carbons (Fsp3) is 0.294. The standard InChI is InChI=1S/C17H20O6/c1-21-17-10-12(2-3-16(17)20)13-8-14(22-6-4-18)11-15(9-13)23-7-5-19/h2-3,8-11,18-20H,4-7H2,1H3. The first-order valence-electron chi connectivity index (χ1n) is 7.17. The maximum atomic E-state index is 9.69. The zero-order chi connectivity index (χ0) is 16.7. The second-order valence-corrected chi connectivity index (χ2v) is 4.72. The Hall–Kier alpha value is -2.44. The average Bonchev–Trinajstić information content (AvgIpc) is 2.58. The predicted octanol–water partition coefficient (Wildman–Crippen LogP) is 1.81. The summed E-state index contributed by atoms with van der Waals surface area (Å²) in [4.78, 5) is 0. The molecule has 2 aromatic carbocycles. The third-order valence-corrected chi connectivity index (χ3v) is 3.11. The summed E-state index contributed by atoms with van der Waals surface area (Å²) in [5.74, 6) is 1.50. The van der Waals surface area contributed by atoms with Gasteiger partial charge in [-0.3, -0.25) is 0 Å². The van der Waals surface area contributed by atoms with E-state index < -0.39 is 0 Å². The molecule has 0 aliphatic heterocycles. The first-order chi connectivity index (χ1) is 11.2. The fourth-order valence-electron chi connectivity index (χ4n) is 2.09. The van der Waals surface area contributed by atoms with Crippen LogP contribution in [0.25, 0.3) is 11.1 Å². The van der Waals surface area contributed by atoms with Gasteiger partial charge >= 0.3 is 0 Å². The maximum absolute atomic E-state index is 9.69. The summed E-state index contributed by atoms with van der Waals surface area (Å²) in [5, 5.41) is 27.5. The number of rotatable bonds is 8. The van der Waals surface area contributed by atoms with E-state index in [0.29, 0.717) is 17.2 Å². The van der Waals surface area contributed by atoms with Crippen LogP contribution in [0.4, 0.5) is 0 Å². The molecule has 3 N–H and O–H groups in total. The number of ether oxygens (including phenoxy) is 3. The molecule has 0 amide bonds. The third kappa shape index (κ3) is 4.51. The van der Waals surface area contributed by atoms with Gasteiger partial charge in [0.2, 0.25) is 0 Å². The lowest BCUT2D eigenvalue weighted by Crippen LogP contribution is -2.04. The van der Waals surface area contributed by atoms with Crippen molar-refractivity contribution in [3.8, 4) is 34.1 Å². The van der Waals surface area contributed by atoms with Gasteiger partial charge in [-0.2, -0.15) is 0 Å². The molecule has 124 valence electrons. The molecule has 0 atom stereocenters. The average molecular weight is 320 g/mol. The van der Waals surface area contributed by atoms with Gasteiger partial charge in [-0.15, -0.1) is 0 Å². The monoisotopic (exact) mass is 320 g/mol. The lowest BCUT2D eigenvalue weighted by Gasteiger charge is -2.12. The smallest absolute Gasteiger partial charge is 0.161 e. The third-order valence-electron chi connectivity index (χ3n) is 3.11. The van der Waals surface area contributed by atoms with Gasteiger partial charge in [0.25, 0.3) is 0 Å². The normalized spacial score (nSPS) is 10.4. The van der Waals surface area contributed by atoms with Crippen LogP contribution in [-0.2, 0) is 0 Å². The molecular weight excluding hydrogens is 300 g/mol. The van der Waals surface area contributed by atoms with Crippen LogP contribution in [-0.4, -0.2) is 48.9 Å². The Bertz CT molecular complexity index is 615. The second-order valence-electron chi connectivity index (χ2n) is 4.72. The van der Waals surface area contributed by atoms with Gasteiger partial charge in [-0.1, -0.05) is 6.07 Å². The van der Waals surface area contributed by atoms with Gasteiger partial charge in [0, 0.05) is 6.07 Å². The van der Waals surface area contributed by atoms with Gasteiger partial charge in [0.15, 0.2) is 11.5 Å². The Labute approximate surface area is 134 Å². The van der Waals surface area contributed by atoms with Gasteiger partial charge in [-0.05, 0) is 35.4 Å². The van der Waals surface area contributed by atoms with Crippen molar-refractivity contribution >= 4 is 0 Å². The highest BCUT2D eigenvalue weighted by Gasteiger charge is 2.09. The topological polar surface area (TPSA) is 88.4 Å². The van der Waals surface area contributed by atoms with E-state index in [4.69, 9.17) is 24.4 Å². The van der Waals surface area contributed by atoms with E-state index in [2.05, 4.69) is 0 Å². The van der Waals surface area contributed by atoms with Crippen molar-refractivity contribution in [1.29, 1.82) is 0 Å². The van der Waals surface area contributed by atoms with Crippen molar-refractivity contribution in [2.75, 3.05) is 33.5 Å². The molecule has 23 heavy (non-hydrogen) atoms. The lowest BCUT2D eigenvalue weighted by atomic mass is 10.0. The fourth-order valence-corrected chi connectivity index (χ4v) is 2.09. The largest absolute Gasteiger partial charge is 0.504 e. The number of aromatic hydroxyl groups is 1. The minimum Gasteiger partial charge on any atom is -0.504 e. The lowest BCUT2D eigenvalue weighted by molar-refractivity contribution is 0.195. The molecule has 2 rings (SSSR count). The van der Waals surface area contributed by atoms with Crippen molar-refractivity contribution in [1.82, 2.24) is 0 Å². The van der Waals surface area contributed by atoms with Crippen molar-refractivity contribution in [2.45, 2.75) is 0 Å². The summed E-state index contributed by atoms with van der Waals surface area (Å²) in [6, 6.07) is 10.3. The molecule has 2 aromatic rings. The summed E-state index contributed by atoms with van der Waals surface area (Å²) in [6.45, 7) is 0.151. The molecule has 0 bridgehead atoms.